The van der Waals surface area contributed by atoms with Gasteiger partial charge in [-0.3, -0.25) is 4.79 Å². The summed E-state index contributed by atoms with van der Waals surface area (Å²) in [6.07, 6.45) is 0. The van der Waals surface area contributed by atoms with Crippen LogP contribution >= 0.6 is 11.3 Å². The first-order valence-electron chi connectivity index (χ1n) is 8.36. The molecule has 5 nitrogen and oxygen atoms in total. The molecule has 2 aromatic heterocycles. The highest BCUT2D eigenvalue weighted by atomic mass is 32.1. The quantitative estimate of drug-likeness (QED) is 0.394. The number of rotatable bonds is 4. The van der Waals surface area contributed by atoms with E-state index in [1.807, 2.05) is 61.5 Å². The Bertz CT molecular complexity index is 1190. The molecule has 0 N–H and O–H groups in total. The fourth-order valence-corrected chi connectivity index (χ4v) is 3.75. The average molecular weight is 376 g/mol. The van der Waals surface area contributed by atoms with Crippen molar-refractivity contribution in [1.82, 2.24) is 4.98 Å². The molecule has 134 valence electrons. The largest absolute Gasteiger partial charge is 0.422 e. The van der Waals surface area contributed by atoms with E-state index in [4.69, 9.17) is 4.42 Å². The Kier molecular flexibility index (Phi) is 4.33. The maximum atomic E-state index is 13.2. The Hall–Kier alpha value is -3.25. The highest BCUT2D eigenvalue weighted by Crippen LogP contribution is 2.33. The van der Waals surface area contributed by atoms with Crippen LogP contribution in [-0.4, -0.2) is 24.9 Å². The number of ketones is 1. The number of benzene rings is 2. The third kappa shape index (κ3) is 3.15. The monoisotopic (exact) mass is 376 g/mol. The van der Waals surface area contributed by atoms with E-state index < -0.39 is 5.63 Å². The summed E-state index contributed by atoms with van der Waals surface area (Å²) in [5.41, 5.74) is 1.23. The van der Waals surface area contributed by atoms with Gasteiger partial charge in [-0.1, -0.05) is 59.9 Å². The van der Waals surface area contributed by atoms with Crippen molar-refractivity contribution in [2.24, 2.45) is 0 Å². The molecule has 0 fully saturated rings. The highest BCUT2D eigenvalue weighted by Gasteiger charge is 2.24. The lowest BCUT2D eigenvalue weighted by atomic mass is 10.1. The van der Waals surface area contributed by atoms with Gasteiger partial charge in [0.25, 0.3) is 0 Å². The minimum absolute atomic E-state index is 0.0137. The fourth-order valence-electron chi connectivity index (χ4n) is 2.79. The molecular formula is C21H16N2O3S. The van der Waals surface area contributed by atoms with E-state index in [2.05, 4.69) is 4.98 Å². The van der Waals surface area contributed by atoms with Crippen molar-refractivity contribution in [3.05, 3.63) is 81.5 Å². The molecule has 0 bridgehead atoms. The van der Waals surface area contributed by atoms with E-state index in [0.29, 0.717) is 26.7 Å². The molecule has 27 heavy (non-hydrogen) atoms. The number of hydrogen-bond acceptors (Lipinski definition) is 6. The molecule has 0 aliphatic rings. The van der Waals surface area contributed by atoms with E-state index >= 15 is 0 Å². The van der Waals surface area contributed by atoms with Gasteiger partial charge < -0.3 is 9.32 Å². The first-order valence-corrected chi connectivity index (χ1v) is 9.17. The maximum absolute atomic E-state index is 13.2. The summed E-state index contributed by atoms with van der Waals surface area (Å²) in [7, 11) is 3.73. The molecule has 0 amide bonds. The van der Waals surface area contributed by atoms with Crippen LogP contribution in [0.2, 0.25) is 0 Å². The summed E-state index contributed by atoms with van der Waals surface area (Å²) in [5, 5.41) is 1.40. The number of carbonyl (C=O) groups excluding carboxylic acids is 1. The lowest BCUT2D eigenvalue weighted by Gasteiger charge is -2.05. The van der Waals surface area contributed by atoms with Gasteiger partial charge in [-0.15, -0.1) is 0 Å². The number of fused-ring (bicyclic) bond motifs is 1. The zero-order valence-electron chi connectivity index (χ0n) is 14.8. The van der Waals surface area contributed by atoms with E-state index in [0.717, 1.165) is 5.56 Å². The maximum Gasteiger partial charge on any atom is 0.347 e. The van der Waals surface area contributed by atoms with Crippen LogP contribution < -0.4 is 10.5 Å². The van der Waals surface area contributed by atoms with Crippen LogP contribution in [0.15, 0.2) is 69.9 Å². The minimum atomic E-state index is -0.641. The normalized spacial score (nSPS) is 10.9. The molecule has 2 aromatic carbocycles. The van der Waals surface area contributed by atoms with E-state index in [9.17, 15) is 9.59 Å². The molecule has 0 saturated carbocycles. The Morgan fingerprint density at radius 3 is 2.48 bits per heavy atom. The molecule has 4 rings (SSSR count). The molecule has 0 spiro atoms. The third-order valence-corrected chi connectivity index (χ3v) is 5.36. The first-order chi connectivity index (χ1) is 13.0. The van der Waals surface area contributed by atoms with Crippen LogP contribution in [0.5, 0.6) is 0 Å². The van der Waals surface area contributed by atoms with Gasteiger partial charge >= 0.3 is 5.63 Å². The first kappa shape index (κ1) is 17.2. The number of anilines is 1. The minimum Gasteiger partial charge on any atom is -0.422 e. The number of hydrogen-bond donors (Lipinski definition) is 0. The summed E-state index contributed by atoms with van der Waals surface area (Å²) in [4.78, 5) is 32.5. The molecule has 0 radical (unpaired) electrons. The molecule has 0 aliphatic carbocycles. The van der Waals surface area contributed by atoms with Gasteiger partial charge in [0.2, 0.25) is 5.78 Å². The van der Waals surface area contributed by atoms with Crippen LogP contribution in [-0.2, 0) is 0 Å². The van der Waals surface area contributed by atoms with Gasteiger partial charge in [-0.05, 0) is 12.1 Å². The second kappa shape index (κ2) is 6.81. The van der Waals surface area contributed by atoms with Crippen molar-refractivity contribution in [2.75, 3.05) is 19.0 Å². The number of thiazole rings is 1. The van der Waals surface area contributed by atoms with Gasteiger partial charge in [0.1, 0.15) is 16.0 Å². The summed E-state index contributed by atoms with van der Waals surface area (Å²) < 4.78 is 5.33. The number of para-hydroxylation sites is 1. The van der Waals surface area contributed by atoms with Gasteiger partial charge in [0.15, 0.2) is 5.13 Å². The van der Waals surface area contributed by atoms with Crippen LogP contribution in [0.4, 0.5) is 5.13 Å². The van der Waals surface area contributed by atoms with Crippen molar-refractivity contribution in [3.8, 4) is 11.3 Å². The van der Waals surface area contributed by atoms with Crippen LogP contribution in [0.1, 0.15) is 15.2 Å². The Morgan fingerprint density at radius 1 is 1.04 bits per heavy atom. The molecule has 0 atom stereocenters. The predicted octanol–water partition coefficient (Wildman–Crippen LogP) is 4.21. The molecule has 0 saturated heterocycles. The Labute approximate surface area is 159 Å². The number of carbonyl (C=O) groups is 1. The fraction of sp³-hybridized carbons (Fsp3) is 0.0952. The van der Waals surface area contributed by atoms with Crippen LogP contribution in [0.25, 0.3) is 22.2 Å². The third-order valence-electron chi connectivity index (χ3n) is 4.14. The number of nitrogens with zero attached hydrogens (tertiary/aromatic N) is 2. The highest BCUT2D eigenvalue weighted by molar-refractivity contribution is 7.18. The zero-order valence-corrected chi connectivity index (χ0v) is 15.6. The Balaban J connectivity index is 1.89. The van der Waals surface area contributed by atoms with E-state index in [-0.39, 0.29) is 11.3 Å². The summed E-state index contributed by atoms with van der Waals surface area (Å²) in [6.45, 7) is 0. The van der Waals surface area contributed by atoms with Crippen molar-refractivity contribution < 1.29 is 9.21 Å². The van der Waals surface area contributed by atoms with Gasteiger partial charge in [0, 0.05) is 25.0 Å². The van der Waals surface area contributed by atoms with E-state index in [1.165, 1.54) is 11.3 Å². The van der Waals surface area contributed by atoms with Crippen molar-refractivity contribution >= 4 is 33.2 Å². The standard InChI is InChI=1S/C21H16N2O3S/c1-23(2)21-22-17(13-8-4-3-5-9-13)19(27-21)18(24)15-12-14-10-6-7-11-16(14)26-20(15)25/h3-12H,1-2H3. The molecule has 0 unspecified atom stereocenters. The van der Waals surface area contributed by atoms with Crippen molar-refractivity contribution in [2.45, 2.75) is 0 Å². The summed E-state index contributed by atoms with van der Waals surface area (Å²) >= 11 is 1.26. The van der Waals surface area contributed by atoms with E-state index in [1.54, 1.807) is 18.2 Å². The molecule has 6 heteroatoms. The topological polar surface area (TPSA) is 63.4 Å². The summed E-state index contributed by atoms with van der Waals surface area (Å²) in [5.74, 6) is -0.376. The predicted molar refractivity (Wildman–Crippen MR) is 108 cm³/mol. The second-order valence-corrected chi connectivity index (χ2v) is 7.23. The van der Waals surface area contributed by atoms with Gasteiger partial charge in [-0.2, -0.15) is 0 Å². The second-order valence-electron chi connectivity index (χ2n) is 6.25. The molecule has 2 heterocycles. The molecular weight excluding hydrogens is 360 g/mol. The SMILES string of the molecule is CN(C)c1nc(-c2ccccc2)c(C(=O)c2cc3ccccc3oc2=O)s1. The lowest BCUT2D eigenvalue weighted by molar-refractivity contribution is 0.103. The smallest absolute Gasteiger partial charge is 0.347 e. The van der Waals surface area contributed by atoms with Crippen LogP contribution in [0, 0.1) is 0 Å². The molecule has 4 aromatic rings. The van der Waals surface area contributed by atoms with Crippen molar-refractivity contribution in [3.63, 3.8) is 0 Å². The molecule has 0 aliphatic heterocycles. The summed E-state index contributed by atoms with van der Waals surface area (Å²) in [6, 6.07) is 18.2. The number of aromatic nitrogens is 1. The van der Waals surface area contributed by atoms with Crippen LogP contribution in [0.3, 0.4) is 0 Å². The Morgan fingerprint density at radius 2 is 1.74 bits per heavy atom. The average Bonchev–Trinajstić information content (AvgIpc) is 3.13. The van der Waals surface area contributed by atoms with Gasteiger partial charge in [0.05, 0.1) is 5.69 Å². The van der Waals surface area contributed by atoms with Gasteiger partial charge in [-0.25, -0.2) is 9.78 Å². The lowest BCUT2D eigenvalue weighted by Crippen LogP contribution is -2.14. The van der Waals surface area contributed by atoms with Crippen molar-refractivity contribution in [1.29, 1.82) is 0 Å². The zero-order chi connectivity index (χ0) is 19.0.